The van der Waals surface area contributed by atoms with Gasteiger partial charge in [0.2, 0.25) is 0 Å². The molecule has 3 heterocycles. The molecular weight excluding hydrogens is 503 g/mol. The summed E-state index contributed by atoms with van der Waals surface area (Å²) < 4.78 is 5.19. The summed E-state index contributed by atoms with van der Waals surface area (Å²) in [5.74, 6) is 1.90. The van der Waals surface area contributed by atoms with Crippen LogP contribution in [0.25, 0.3) is 0 Å². The first kappa shape index (κ1) is 24.0. The third-order valence-electron chi connectivity index (χ3n) is 6.17. The molecule has 0 bridgehead atoms. The van der Waals surface area contributed by atoms with Crippen molar-refractivity contribution in [3.63, 3.8) is 0 Å². The van der Waals surface area contributed by atoms with Crippen LogP contribution < -0.4 is 5.32 Å². The molecule has 8 heteroatoms. The average Bonchev–Trinajstić information content (AvgIpc) is 3.39. The van der Waals surface area contributed by atoms with E-state index in [2.05, 4.69) is 60.5 Å². The number of guanidine groups is 1. The molecule has 1 N–H and O–H groups in total. The summed E-state index contributed by atoms with van der Waals surface area (Å²) >= 11 is 0. The highest BCUT2D eigenvalue weighted by molar-refractivity contribution is 14.0. The molecule has 0 spiro atoms. The second kappa shape index (κ2) is 11.8. The zero-order valence-corrected chi connectivity index (χ0v) is 21.0. The predicted molar refractivity (Wildman–Crippen MR) is 135 cm³/mol. The van der Waals surface area contributed by atoms with Crippen LogP contribution in [0.5, 0.6) is 0 Å². The smallest absolute Gasteiger partial charge is 0.193 e. The van der Waals surface area contributed by atoms with Gasteiger partial charge in [-0.25, -0.2) is 0 Å². The third-order valence-corrected chi connectivity index (χ3v) is 6.17. The number of hydrogen-bond donors (Lipinski definition) is 1. The molecule has 1 unspecified atom stereocenters. The molecule has 170 valence electrons. The van der Waals surface area contributed by atoms with Gasteiger partial charge in [-0.1, -0.05) is 35.5 Å². The second-order valence-corrected chi connectivity index (χ2v) is 8.37. The monoisotopic (exact) mass is 538 g/mol. The molecule has 4 rings (SSSR count). The lowest BCUT2D eigenvalue weighted by Gasteiger charge is -2.36. The van der Waals surface area contributed by atoms with Crippen molar-refractivity contribution in [1.29, 1.82) is 0 Å². The number of nitrogens with one attached hydrogen (secondary N) is 1. The van der Waals surface area contributed by atoms with Gasteiger partial charge in [0.05, 0.1) is 5.69 Å². The van der Waals surface area contributed by atoms with Crippen molar-refractivity contribution in [1.82, 2.24) is 25.2 Å². The van der Waals surface area contributed by atoms with Gasteiger partial charge in [0.1, 0.15) is 5.76 Å². The maximum atomic E-state index is 5.19. The van der Waals surface area contributed by atoms with Crippen molar-refractivity contribution in [3.05, 3.63) is 53.4 Å². The van der Waals surface area contributed by atoms with E-state index in [1.54, 1.807) is 0 Å². The first-order valence-electron chi connectivity index (χ1n) is 11.1. The first-order chi connectivity index (χ1) is 14.7. The lowest BCUT2D eigenvalue weighted by molar-refractivity contribution is 0.167. The number of benzene rings is 1. The van der Waals surface area contributed by atoms with Crippen molar-refractivity contribution >= 4 is 29.9 Å². The molecule has 0 aliphatic carbocycles. The number of aromatic nitrogens is 1. The predicted octanol–water partition coefficient (Wildman–Crippen LogP) is 2.96. The van der Waals surface area contributed by atoms with Crippen LogP contribution in [0.4, 0.5) is 0 Å². The molecule has 1 atom stereocenters. The van der Waals surface area contributed by atoms with Gasteiger partial charge in [-0.2, -0.15) is 0 Å². The van der Waals surface area contributed by atoms with Gasteiger partial charge in [-0.3, -0.25) is 14.8 Å². The SMILES string of the molecule is CN=C(NCC1CCCN1Cc1ccccc1)N1CCN(Cc2cc(C)on2)CC1.I. The van der Waals surface area contributed by atoms with Gasteiger partial charge < -0.3 is 14.7 Å². The Morgan fingerprint density at radius 3 is 2.58 bits per heavy atom. The van der Waals surface area contributed by atoms with Gasteiger partial charge in [-0.15, -0.1) is 24.0 Å². The fraction of sp³-hybridized carbons (Fsp3) is 0.565. The highest BCUT2D eigenvalue weighted by Gasteiger charge is 2.26. The average molecular weight is 538 g/mol. The molecule has 2 saturated heterocycles. The first-order valence-corrected chi connectivity index (χ1v) is 11.1. The van der Waals surface area contributed by atoms with Crippen LogP contribution in [0.2, 0.25) is 0 Å². The number of hydrogen-bond acceptors (Lipinski definition) is 5. The van der Waals surface area contributed by atoms with Crippen LogP contribution in [0, 0.1) is 6.92 Å². The molecule has 2 aromatic rings. The highest BCUT2D eigenvalue weighted by Crippen LogP contribution is 2.19. The summed E-state index contributed by atoms with van der Waals surface area (Å²) in [5.41, 5.74) is 2.41. The van der Waals surface area contributed by atoms with Crippen LogP contribution in [0.1, 0.15) is 29.9 Å². The largest absolute Gasteiger partial charge is 0.361 e. The van der Waals surface area contributed by atoms with E-state index in [-0.39, 0.29) is 24.0 Å². The Bertz CT molecular complexity index is 818. The molecule has 2 fully saturated rings. The fourth-order valence-corrected chi connectivity index (χ4v) is 4.53. The van der Waals surface area contributed by atoms with Crippen LogP contribution in [-0.4, -0.2) is 78.2 Å². The van der Waals surface area contributed by atoms with Crippen molar-refractivity contribution in [2.75, 3.05) is 46.3 Å². The molecule has 7 nitrogen and oxygen atoms in total. The van der Waals surface area contributed by atoms with Gasteiger partial charge in [0, 0.05) is 65.0 Å². The van der Waals surface area contributed by atoms with Crippen molar-refractivity contribution in [2.24, 2.45) is 4.99 Å². The van der Waals surface area contributed by atoms with E-state index in [0.717, 1.165) is 63.2 Å². The van der Waals surface area contributed by atoms with E-state index in [1.165, 1.54) is 24.9 Å². The number of piperazine rings is 1. The normalized spacial score (nSPS) is 20.6. The summed E-state index contributed by atoms with van der Waals surface area (Å²) in [7, 11) is 1.89. The number of aryl methyl sites for hydroxylation is 1. The van der Waals surface area contributed by atoms with E-state index in [0.29, 0.717) is 6.04 Å². The third kappa shape index (κ3) is 6.66. The van der Waals surface area contributed by atoms with Gasteiger partial charge in [0.15, 0.2) is 5.96 Å². The van der Waals surface area contributed by atoms with Crippen LogP contribution in [0.15, 0.2) is 45.9 Å². The zero-order valence-electron chi connectivity index (χ0n) is 18.7. The summed E-state index contributed by atoms with van der Waals surface area (Å²) in [6.07, 6.45) is 2.53. The number of aliphatic imine (C=N–C) groups is 1. The molecular formula is C23H35IN6O. The molecule has 0 radical (unpaired) electrons. The number of rotatable bonds is 6. The summed E-state index contributed by atoms with van der Waals surface area (Å²) in [6.45, 7) is 9.95. The number of halogens is 1. The lowest BCUT2D eigenvalue weighted by Crippen LogP contribution is -2.53. The Balaban J connectivity index is 0.00000272. The fourth-order valence-electron chi connectivity index (χ4n) is 4.53. The molecule has 2 aliphatic rings. The Morgan fingerprint density at radius 2 is 1.90 bits per heavy atom. The minimum atomic E-state index is 0. The van der Waals surface area contributed by atoms with E-state index in [1.807, 2.05) is 20.0 Å². The quantitative estimate of drug-likeness (QED) is 0.347. The topological polar surface area (TPSA) is 60.1 Å². The Labute approximate surface area is 202 Å². The summed E-state index contributed by atoms with van der Waals surface area (Å²) in [5, 5.41) is 7.77. The molecule has 2 aliphatic heterocycles. The maximum Gasteiger partial charge on any atom is 0.193 e. The van der Waals surface area contributed by atoms with E-state index in [4.69, 9.17) is 4.52 Å². The molecule has 0 amide bonds. The van der Waals surface area contributed by atoms with E-state index in [9.17, 15) is 0 Å². The van der Waals surface area contributed by atoms with Gasteiger partial charge in [0.25, 0.3) is 0 Å². The van der Waals surface area contributed by atoms with E-state index < -0.39 is 0 Å². The maximum absolute atomic E-state index is 5.19. The Hall–Kier alpha value is -1.65. The zero-order chi connectivity index (χ0) is 20.8. The molecule has 1 aromatic heterocycles. The van der Waals surface area contributed by atoms with Crippen molar-refractivity contribution in [2.45, 2.75) is 38.9 Å². The minimum absolute atomic E-state index is 0. The highest BCUT2D eigenvalue weighted by atomic mass is 127. The van der Waals surface area contributed by atoms with Crippen LogP contribution in [-0.2, 0) is 13.1 Å². The number of likely N-dealkylation sites (tertiary alicyclic amines) is 1. The molecule has 31 heavy (non-hydrogen) atoms. The summed E-state index contributed by atoms with van der Waals surface area (Å²) in [4.78, 5) is 12.0. The van der Waals surface area contributed by atoms with Gasteiger partial charge in [-0.05, 0) is 31.9 Å². The Kier molecular flexibility index (Phi) is 9.15. The van der Waals surface area contributed by atoms with Crippen LogP contribution >= 0.6 is 24.0 Å². The second-order valence-electron chi connectivity index (χ2n) is 8.37. The Morgan fingerprint density at radius 1 is 1.13 bits per heavy atom. The van der Waals surface area contributed by atoms with E-state index >= 15 is 0 Å². The summed E-state index contributed by atoms with van der Waals surface area (Å²) in [6, 6.07) is 13.4. The number of nitrogens with zero attached hydrogens (tertiary/aromatic N) is 5. The van der Waals surface area contributed by atoms with Crippen molar-refractivity contribution in [3.8, 4) is 0 Å². The minimum Gasteiger partial charge on any atom is -0.361 e. The van der Waals surface area contributed by atoms with Gasteiger partial charge >= 0.3 is 0 Å². The standard InChI is InChI=1S/C23H34N6O.HI/c1-19-15-21(26-30-19)18-27-11-13-28(14-12-27)23(24-2)25-16-22-9-6-10-29(22)17-20-7-4-3-5-8-20;/h3-5,7-8,15,22H,6,9-14,16-18H2,1-2H3,(H,24,25);1H. The van der Waals surface area contributed by atoms with Crippen molar-refractivity contribution < 1.29 is 4.52 Å². The molecule has 0 saturated carbocycles. The van der Waals surface area contributed by atoms with Crippen LogP contribution in [0.3, 0.4) is 0 Å². The molecule has 1 aromatic carbocycles. The lowest BCUT2D eigenvalue weighted by atomic mass is 10.2.